The fourth-order valence-corrected chi connectivity index (χ4v) is 4.18. The van der Waals surface area contributed by atoms with Crippen LogP contribution >= 0.6 is 11.8 Å². The van der Waals surface area contributed by atoms with E-state index in [1.807, 2.05) is 42.5 Å². The minimum absolute atomic E-state index is 0.644. The molecule has 2 N–H and O–H groups in total. The van der Waals surface area contributed by atoms with E-state index in [2.05, 4.69) is 4.98 Å². The monoisotopic (exact) mass is 311 g/mol. The number of hydrogen-bond donors (Lipinski definition) is 2. The van der Waals surface area contributed by atoms with E-state index in [0.29, 0.717) is 5.75 Å². The number of thioether (sulfide) groups is 1. The molecule has 0 radical (unpaired) electrons. The van der Waals surface area contributed by atoms with E-state index in [1.165, 1.54) is 11.8 Å². The summed E-state index contributed by atoms with van der Waals surface area (Å²) in [5, 5.41) is 9.89. The number of ether oxygens (including phenoxy) is 1. The van der Waals surface area contributed by atoms with Crippen LogP contribution < -0.4 is 4.74 Å². The molecule has 3 aromatic rings. The van der Waals surface area contributed by atoms with Crippen molar-refractivity contribution in [3.05, 3.63) is 48.0 Å². The molecule has 2 heterocycles. The number of aromatic nitrogens is 1. The van der Waals surface area contributed by atoms with E-state index in [4.69, 9.17) is 4.74 Å². The van der Waals surface area contributed by atoms with Crippen molar-refractivity contribution in [2.45, 2.75) is 10.1 Å². The van der Waals surface area contributed by atoms with Gasteiger partial charge in [0.1, 0.15) is 11.0 Å². The van der Waals surface area contributed by atoms with Crippen molar-refractivity contribution in [1.82, 2.24) is 4.98 Å². The Balaban J connectivity index is 2.12. The van der Waals surface area contributed by atoms with E-state index in [0.717, 1.165) is 32.6 Å². The molecule has 0 bridgehead atoms. The molecular formula is C17H13NO3S. The molecule has 0 fully saturated rings. The quantitative estimate of drug-likeness (QED) is 0.748. The molecule has 0 aliphatic carbocycles. The minimum atomic E-state index is -0.840. The van der Waals surface area contributed by atoms with Crippen molar-refractivity contribution in [3.63, 3.8) is 0 Å². The third-order valence-corrected chi connectivity index (χ3v) is 5.22. The second-order valence-corrected chi connectivity index (χ2v) is 6.28. The molecule has 2 aromatic carbocycles. The Labute approximate surface area is 131 Å². The molecule has 4 rings (SSSR count). The summed E-state index contributed by atoms with van der Waals surface area (Å²) in [7, 11) is 1.61. The fourth-order valence-electron chi connectivity index (χ4n) is 3.02. The number of benzene rings is 2. The van der Waals surface area contributed by atoms with Crippen LogP contribution in [-0.2, 0) is 4.79 Å². The van der Waals surface area contributed by atoms with Crippen LogP contribution in [-0.4, -0.2) is 23.2 Å². The van der Waals surface area contributed by atoms with Gasteiger partial charge in [-0.3, -0.25) is 4.79 Å². The molecule has 0 amide bonds. The van der Waals surface area contributed by atoms with Gasteiger partial charge < -0.3 is 14.8 Å². The van der Waals surface area contributed by atoms with Crippen LogP contribution in [0.2, 0.25) is 0 Å². The highest BCUT2D eigenvalue weighted by atomic mass is 32.2. The summed E-state index contributed by atoms with van der Waals surface area (Å²) in [5.74, 6) is -0.145. The Hall–Kier alpha value is -2.40. The van der Waals surface area contributed by atoms with Gasteiger partial charge in [-0.05, 0) is 18.2 Å². The molecule has 110 valence electrons. The first-order chi connectivity index (χ1) is 10.7. The summed E-state index contributed by atoms with van der Waals surface area (Å²) in [6.45, 7) is 0. The Kier molecular flexibility index (Phi) is 2.90. The average molecular weight is 311 g/mol. The zero-order chi connectivity index (χ0) is 15.3. The third-order valence-electron chi connectivity index (χ3n) is 3.93. The zero-order valence-corrected chi connectivity index (χ0v) is 12.6. The van der Waals surface area contributed by atoms with Crippen molar-refractivity contribution in [2.24, 2.45) is 0 Å². The van der Waals surface area contributed by atoms with Crippen LogP contribution in [0.4, 0.5) is 0 Å². The smallest absolute Gasteiger partial charge is 0.321 e. The van der Waals surface area contributed by atoms with Crippen LogP contribution in [0.5, 0.6) is 5.75 Å². The number of methoxy groups -OCH3 is 1. The van der Waals surface area contributed by atoms with Gasteiger partial charge in [0.05, 0.1) is 12.8 Å². The first kappa shape index (κ1) is 13.3. The highest BCUT2D eigenvalue weighted by Gasteiger charge is 2.34. The summed E-state index contributed by atoms with van der Waals surface area (Å²) in [6.07, 6.45) is 0. The standard InChI is InChI=1S/C17H13NO3S/c1-21-11-7-4-6-10-13(11)14-15(18-10)9-5-2-3-8-12(9)22-16(14)17(19)20/h2-8,16,18H,1H3,(H,19,20). The van der Waals surface area contributed by atoms with Gasteiger partial charge in [0, 0.05) is 26.9 Å². The van der Waals surface area contributed by atoms with Crippen LogP contribution in [0.15, 0.2) is 47.4 Å². The van der Waals surface area contributed by atoms with Crippen LogP contribution in [0.3, 0.4) is 0 Å². The van der Waals surface area contributed by atoms with E-state index in [1.54, 1.807) is 7.11 Å². The summed E-state index contributed by atoms with van der Waals surface area (Å²) in [5.41, 5.74) is 3.61. The Morgan fingerprint density at radius 1 is 1.23 bits per heavy atom. The van der Waals surface area contributed by atoms with E-state index < -0.39 is 11.2 Å². The molecule has 0 saturated heterocycles. The number of nitrogens with one attached hydrogen (secondary N) is 1. The second kappa shape index (κ2) is 4.81. The number of carboxylic acids is 1. The summed E-state index contributed by atoms with van der Waals surface area (Å²) in [6, 6.07) is 13.6. The number of aliphatic carboxylic acids is 1. The molecule has 1 atom stereocenters. The zero-order valence-electron chi connectivity index (χ0n) is 11.8. The largest absolute Gasteiger partial charge is 0.496 e. The number of carboxylic acid groups (broad SMARTS) is 1. The predicted molar refractivity (Wildman–Crippen MR) is 86.5 cm³/mol. The molecule has 0 saturated carbocycles. The van der Waals surface area contributed by atoms with Gasteiger partial charge in [-0.1, -0.05) is 24.3 Å². The highest BCUT2D eigenvalue weighted by molar-refractivity contribution is 8.00. The highest BCUT2D eigenvalue weighted by Crippen LogP contribution is 2.52. The van der Waals surface area contributed by atoms with Gasteiger partial charge in [0.15, 0.2) is 0 Å². The molecule has 22 heavy (non-hydrogen) atoms. The fraction of sp³-hybridized carbons (Fsp3) is 0.118. The van der Waals surface area contributed by atoms with E-state index in [-0.39, 0.29) is 0 Å². The minimum Gasteiger partial charge on any atom is -0.496 e. The Bertz CT molecular complexity index is 900. The lowest BCUT2D eigenvalue weighted by Gasteiger charge is -2.22. The van der Waals surface area contributed by atoms with Crippen molar-refractivity contribution >= 4 is 28.6 Å². The lowest BCUT2D eigenvalue weighted by molar-refractivity contribution is -0.136. The van der Waals surface area contributed by atoms with Crippen LogP contribution in [0.1, 0.15) is 10.8 Å². The lowest BCUT2D eigenvalue weighted by atomic mass is 10.0. The SMILES string of the molecule is COc1cccc2[nH]c3c(c12)C(C(=O)O)Sc1ccccc1-3. The van der Waals surface area contributed by atoms with Crippen molar-refractivity contribution < 1.29 is 14.6 Å². The molecule has 1 aliphatic rings. The summed E-state index contributed by atoms with van der Waals surface area (Å²) >= 11 is 1.37. The van der Waals surface area contributed by atoms with Crippen molar-refractivity contribution in [2.75, 3.05) is 7.11 Å². The molecule has 4 nitrogen and oxygen atoms in total. The Morgan fingerprint density at radius 3 is 2.82 bits per heavy atom. The van der Waals surface area contributed by atoms with Gasteiger partial charge in [-0.25, -0.2) is 0 Å². The van der Waals surface area contributed by atoms with Crippen LogP contribution in [0.25, 0.3) is 22.2 Å². The number of H-pyrrole nitrogens is 1. The number of aromatic amines is 1. The number of hydrogen-bond acceptors (Lipinski definition) is 3. The van der Waals surface area contributed by atoms with Gasteiger partial charge >= 0.3 is 5.97 Å². The second-order valence-electron chi connectivity index (χ2n) is 5.13. The van der Waals surface area contributed by atoms with Gasteiger partial charge in [0.25, 0.3) is 0 Å². The predicted octanol–water partition coefficient (Wildman–Crippen LogP) is 4.07. The lowest BCUT2D eigenvalue weighted by Crippen LogP contribution is -2.12. The topological polar surface area (TPSA) is 62.3 Å². The summed E-state index contributed by atoms with van der Waals surface area (Å²) in [4.78, 5) is 16.1. The van der Waals surface area contributed by atoms with E-state index in [9.17, 15) is 9.90 Å². The maximum atomic E-state index is 11.8. The van der Waals surface area contributed by atoms with Crippen LogP contribution in [0, 0.1) is 0 Å². The first-order valence-electron chi connectivity index (χ1n) is 6.88. The molecular weight excluding hydrogens is 298 g/mol. The number of carbonyl (C=O) groups is 1. The van der Waals surface area contributed by atoms with Crippen molar-refractivity contribution in [3.8, 4) is 17.0 Å². The van der Waals surface area contributed by atoms with E-state index >= 15 is 0 Å². The van der Waals surface area contributed by atoms with Gasteiger partial charge in [-0.15, -0.1) is 11.8 Å². The molecule has 5 heteroatoms. The first-order valence-corrected chi connectivity index (χ1v) is 7.76. The number of rotatable bonds is 2. The third kappa shape index (κ3) is 1.75. The molecule has 0 spiro atoms. The Morgan fingerprint density at radius 2 is 2.05 bits per heavy atom. The summed E-state index contributed by atoms with van der Waals surface area (Å²) < 4.78 is 5.45. The van der Waals surface area contributed by atoms with Gasteiger partial charge in [0.2, 0.25) is 0 Å². The molecule has 1 aromatic heterocycles. The number of fused-ring (bicyclic) bond motifs is 5. The van der Waals surface area contributed by atoms with Crippen molar-refractivity contribution in [1.29, 1.82) is 0 Å². The van der Waals surface area contributed by atoms with Gasteiger partial charge in [-0.2, -0.15) is 0 Å². The molecule has 1 aliphatic heterocycles. The normalized spacial score (nSPS) is 16.1. The maximum absolute atomic E-state index is 11.8. The molecule has 1 unspecified atom stereocenters. The average Bonchev–Trinajstić information content (AvgIpc) is 2.93. The maximum Gasteiger partial charge on any atom is 0.321 e.